The Hall–Kier alpha value is -2.49. The highest BCUT2D eigenvalue weighted by Gasteiger charge is 2.44. The van der Waals surface area contributed by atoms with E-state index in [0.29, 0.717) is 17.8 Å². The summed E-state index contributed by atoms with van der Waals surface area (Å²) in [6, 6.07) is 11.9. The van der Waals surface area contributed by atoms with Crippen molar-refractivity contribution >= 4 is 5.78 Å². The molecule has 1 aliphatic rings. The van der Waals surface area contributed by atoms with Crippen LogP contribution < -0.4 is 0 Å². The molecular weight excluding hydrogens is 298 g/mol. The number of halogens is 2. The lowest BCUT2D eigenvalue weighted by Gasteiger charge is -2.31. The van der Waals surface area contributed by atoms with Crippen LogP contribution in [0.4, 0.5) is 8.78 Å². The van der Waals surface area contributed by atoms with Crippen molar-refractivity contribution in [3.8, 4) is 0 Å². The number of ether oxygens (including phenoxy) is 1. The van der Waals surface area contributed by atoms with Crippen molar-refractivity contribution in [1.29, 1.82) is 0 Å². The number of ketones is 1. The third kappa shape index (κ3) is 2.65. The van der Waals surface area contributed by atoms with Crippen molar-refractivity contribution in [3.63, 3.8) is 0 Å². The normalized spacial score (nSPS) is 16.3. The van der Waals surface area contributed by atoms with E-state index in [2.05, 4.69) is 0 Å². The quantitative estimate of drug-likeness (QED) is 0.834. The Kier molecular flexibility index (Phi) is 3.76. The molecule has 0 radical (unpaired) electrons. The van der Waals surface area contributed by atoms with Crippen LogP contribution in [-0.4, -0.2) is 5.78 Å². The summed E-state index contributed by atoms with van der Waals surface area (Å²) in [5, 5.41) is 0. The highest BCUT2D eigenvalue weighted by molar-refractivity contribution is 5.94. The second kappa shape index (κ2) is 5.61. The Morgan fingerprint density at radius 2 is 1.39 bits per heavy atom. The first-order valence-electron chi connectivity index (χ1n) is 7.34. The van der Waals surface area contributed by atoms with E-state index in [9.17, 15) is 13.6 Å². The van der Waals surface area contributed by atoms with Gasteiger partial charge in [-0.25, -0.2) is 8.78 Å². The molecule has 0 fully saturated rings. The van der Waals surface area contributed by atoms with E-state index in [-0.39, 0.29) is 17.4 Å². The number of carbonyl (C=O) groups excluding carboxylic acids is 1. The summed E-state index contributed by atoms with van der Waals surface area (Å²) in [5.41, 5.74) is 1.10. The molecule has 0 saturated carbocycles. The summed E-state index contributed by atoms with van der Waals surface area (Å²) in [5.74, 6) is -0.213. The molecule has 0 N–H and O–H groups in total. The second-order valence-electron chi connectivity index (χ2n) is 5.71. The van der Waals surface area contributed by atoms with Crippen molar-refractivity contribution in [2.45, 2.75) is 25.9 Å². The zero-order chi connectivity index (χ0) is 16.6. The van der Waals surface area contributed by atoms with Gasteiger partial charge in [-0.05, 0) is 38.1 Å². The van der Waals surface area contributed by atoms with E-state index in [1.54, 1.807) is 31.2 Å². The molecule has 2 aromatic carbocycles. The van der Waals surface area contributed by atoms with Gasteiger partial charge in [0.25, 0.3) is 0 Å². The fourth-order valence-corrected chi connectivity index (χ4v) is 3.03. The maximum atomic E-state index is 13.3. The number of carbonyl (C=O) groups is 1. The van der Waals surface area contributed by atoms with Crippen LogP contribution >= 0.6 is 0 Å². The summed E-state index contributed by atoms with van der Waals surface area (Å²) in [7, 11) is 0. The number of Topliss-reactive ketones (excluding diaryl/α,β-unsaturated/α-hetero) is 1. The minimum atomic E-state index is -0.938. The second-order valence-corrected chi connectivity index (χ2v) is 5.71. The maximum Gasteiger partial charge on any atom is 0.163 e. The molecule has 0 saturated heterocycles. The van der Waals surface area contributed by atoms with Gasteiger partial charge in [-0.2, -0.15) is 0 Å². The van der Waals surface area contributed by atoms with Crippen LogP contribution in [0.25, 0.3) is 0 Å². The molecule has 2 aromatic rings. The predicted octanol–water partition coefficient (Wildman–Crippen LogP) is 4.49. The van der Waals surface area contributed by atoms with Crippen LogP contribution in [-0.2, 0) is 15.1 Å². The first-order valence-corrected chi connectivity index (χ1v) is 7.34. The van der Waals surface area contributed by atoms with Crippen molar-refractivity contribution in [3.05, 3.63) is 82.6 Å². The summed E-state index contributed by atoms with van der Waals surface area (Å²) >= 11 is 0. The van der Waals surface area contributed by atoms with Crippen LogP contribution in [0.1, 0.15) is 31.4 Å². The number of allylic oxidation sites excluding steroid dienone is 1. The van der Waals surface area contributed by atoms with Gasteiger partial charge in [0, 0.05) is 23.1 Å². The highest BCUT2D eigenvalue weighted by Crippen LogP contribution is 2.46. The molecule has 0 bridgehead atoms. The molecule has 0 aromatic heterocycles. The van der Waals surface area contributed by atoms with Gasteiger partial charge in [0.05, 0.1) is 0 Å². The maximum absolute atomic E-state index is 13.3. The standard InChI is InChI=1S/C19H16F2O2/c1-12(22)18-11-19(23-13(18)2,14-3-7-16(20)8-4-14)15-5-9-17(21)10-6-15/h3-10H,11H2,1-2H3. The Labute approximate surface area is 133 Å². The van der Waals surface area contributed by atoms with Gasteiger partial charge >= 0.3 is 0 Å². The average molecular weight is 314 g/mol. The molecule has 0 spiro atoms. The highest BCUT2D eigenvalue weighted by atomic mass is 19.1. The SMILES string of the molecule is CC(=O)C1=C(C)OC(c2ccc(F)cc2)(c2ccc(F)cc2)C1. The fourth-order valence-electron chi connectivity index (χ4n) is 3.03. The zero-order valence-electron chi connectivity index (χ0n) is 12.9. The third-order valence-corrected chi connectivity index (χ3v) is 4.22. The van der Waals surface area contributed by atoms with E-state index in [0.717, 1.165) is 11.1 Å². The lowest BCUT2D eigenvalue weighted by atomic mass is 9.82. The molecule has 3 rings (SSSR count). The third-order valence-electron chi connectivity index (χ3n) is 4.22. The number of hydrogen-bond donors (Lipinski definition) is 0. The molecule has 1 aliphatic heterocycles. The summed E-state index contributed by atoms with van der Waals surface area (Å²) < 4.78 is 32.6. The van der Waals surface area contributed by atoms with Crippen LogP contribution in [0.5, 0.6) is 0 Å². The van der Waals surface area contributed by atoms with Gasteiger partial charge in [0.15, 0.2) is 11.4 Å². The molecule has 23 heavy (non-hydrogen) atoms. The van der Waals surface area contributed by atoms with Crippen LogP contribution in [0.15, 0.2) is 59.9 Å². The Morgan fingerprint density at radius 3 is 1.74 bits per heavy atom. The Bertz CT molecular complexity index is 729. The molecule has 4 heteroatoms. The van der Waals surface area contributed by atoms with Crippen molar-refractivity contribution in [2.75, 3.05) is 0 Å². The van der Waals surface area contributed by atoms with Gasteiger partial charge in [-0.15, -0.1) is 0 Å². The number of rotatable bonds is 3. The minimum absolute atomic E-state index is 0.0615. The number of benzene rings is 2. The largest absolute Gasteiger partial charge is 0.482 e. The van der Waals surface area contributed by atoms with Gasteiger partial charge in [0.1, 0.15) is 17.4 Å². The number of hydrogen-bond acceptors (Lipinski definition) is 2. The summed E-state index contributed by atoms with van der Waals surface area (Å²) in [6.45, 7) is 3.24. The van der Waals surface area contributed by atoms with Crippen molar-refractivity contribution in [2.24, 2.45) is 0 Å². The van der Waals surface area contributed by atoms with Gasteiger partial charge < -0.3 is 4.74 Å². The van der Waals surface area contributed by atoms with Gasteiger partial charge in [0.2, 0.25) is 0 Å². The summed E-state index contributed by atoms with van der Waals surface area (Å²) in [6.07, 6.45) is 0.339. The fraction of sp³-hybridized carbons (Fsp3) is 0.211. The summed E-state index contributed by atoms with van der Waals surface area (Å²) in [4.78, 5) is 11.9. The van der Waals surface area contributed by atoms with Gasteiger partial charge in [-0.1, -0.05) is 24.3 Å². The molecule has 0 aliphatic carbocycles. The van der Waals surface area contributed by atoms with E-state index >= 15 is 0 Å². The molecule has 0 amide bonds. The monoisotopic (exact) mass is 314 g/mol. The predicted molar refractivity (Wildman–Crippen MR) is 82.7 cm³/mol. The first-order chi connectivity index (χ1) is 10.9. The van der Waals surface area contributed by atoms with Crippen LogP contribution in [0, 0.1) is 11.6 Å². The molecule has 0 atom stereocenters. The lowest BCUT2D eigenvalue weighted by molar-refractivity contribution is -0.113. The van der Waals surface area contributed by atoms with Crippen molar-refractivity contribution < 1.29 is 18.3 Å². The Morgan fingerprint density at radius 1 is 0.957 bits per heavy atom. The molecule has 0 unspecified atom stereocenters. The molecular formula is C19H16F2O2. The van der Waals surface area contributed by atoms with E-state index < -0.39 is 5.60 Å². The smallest absolute Gasteiger partial charge is 0.163 e. The first kappa shape index (κ1) is 15.4. The topological polar surface area (TPSA) is 26.3 Å². The van der Waals surface area contributed by atoms with Gasteiger partial charge in [-0.3, -0.25) is 4.79 Å². The lowest BCUT2D eigenvalue weighted by Crippen LogP contribution is -2.27. The van der Waals surface area contributed by atoms with Crippen LogP contribution in [0.3, 0.4) is 0 Å². The minimum Gasteiger partial charge on any atom is -0.482 e. The molecule has 2 nitrogen and oxygen atoms in total. The van der Waals surface area contributed by atoms with Crippen LogP contribution in [0.2, 0.25) is 0 Å². The van der Waals surface area contributed by atoms with E-state index in [1.165, 1.54) is 31.2 Å². The Balaban J connectivity index is 2.14. The van der Waals surface area contributed by atoms with Crippen molar-refractivity contribution in [1.82, 2.24) is 0 Å². The average Bonchev–Trinajstić information content (AvgIpc) is 2.87. The van der Waals surface area contributed by atoms with E-state index in [1.807, 2.05) is 0 Å². The molecule has 118 valence electrons. The molecule has 1 heterocycles. The zero-order valence-corrected chi connectivity index (χ0v) is 12.9. The van der Waals surface area contributed by atoms with E-state index in [4.69, 9.17) is 4.74 Å².